The Morgan fingerprint density at radius 1 is 1.04 bits per heavy atom. The molecule has 28 heavy (non-hydrogen) atoms. The quantitative estimate of drug-likeness (QED) is 0.556. The topological polar surface area (TPSA) is 77.7 Å². The Kier molecular flexibility index (Phi) is 3.93. The van der Waals surface area contributed by atoms with Crippen molar-refractivity contribution in [2.75, 3.05) is 13.1 Å². The monoisotopic (exact) mass is 373 g/mol. The molecule has 6 heteroatoms. The molecule has 0 aliphatic carbocycles. The van der Waals surface area contributed by atoms with Gasteiger partial charge in [0.1, 0.15) is 11.6 Å². The average Bonchev–Trinajstić information content (AvgIpc) is 3.30. The Hall–Kier alpha value is -3.15. The number of hydrogen-bond donors (Lipinski definition) is 2. The number of carbonyl (C=O) groups excluding carboxylic acids is 1. The lowest BCUT2D eigenvalue weighted by Crippen LogP contribution is -2.38. The minimum atomic E-state index is 0.0908. The maximum atomic E-state index is 12.9. The fourth-order valence-electron chi connectivity index (χ4n) is 4.20. The SMILES string of the molecule is Cc1nc2ccc(C(=O)N3CCC(c4nc5c(C)cccc5[nH]4)CC3)cc2[nH]1. The molecular formula is C22H23N5O. The second-order valence-corrected chi connectivity index (χ2v) is 7.71. The molecule has 1 aliphatic heterocycles. The van der Waals surface area contributed by atoms with Gasteiger partial charge in [-0.05, 0) is 56.5 Å². The molecule has 0 radical (unpaired) electrons. The first-order valence-electron chi connectivity index (χ1n) is 9.79. The molecular weight excluding hydrogens is 350 g/mol. The summed E-state index contributed by atoms with van der Waals surface area (Å²) in [6, 6.07) is 11.9. The van der Waals surface area contributed by atoms with Crippen molar-refractivity contribution >= 4 is 28.0 Å². The van der Waals surface area contributed by atoms with Crippen molar-refractivity contribution in [2.24, 2.45) is 0 Å². The molecule has 0 saturated carbocycles. The zero-order chi connectivity index (χ0) is 19.3. The van der Waals surface area contributed by atoms with E-state index in [-0.39, 0.29) is 5.91 Å². The Morgan fingerprint density at radius 2 is 1.86 bits per heavy atom. The van der Waals surface area contributed by atoms with Gasteiger partial charge in [0.25, 0.3) is 5.91 Å². The molecule has 1 fully saturated rings. The van der Waals surface area contributed by atoms with E-state index < -0.39 is 0 Å². The van der Waals surface area contributed by atoms with E-state index >= 15 is 0 Å². The number of fused-ring (bicyclic) bond motifs is 2. The van der Waals surface area contributed by atoms with Crippen molar-refractivity contribution < 1.29 is 4.79 Å². The summed E-state index contributed by atoms with van der Waals surface area (Å²) in [5.41, 5.74) is 5.87. The van der Waals surface area contributed by atoms with Crippen LogP contribution in [0.25, 0.3) is 22.1 Å². The number of nitrogens with zero attached hydrogens (tertiary/aromatic N) is 3. The number of H-pyrrole nitrogens is 2. The van der Waals surface area contributed by atoms with Gasteiger partial charge < -0.3 is 14.9 Å². The fourth-order valence-corrected chi connectivity index (χ4v) is 4.20. The molecule has 0 unspecified atom stereocenters. The summed E-state index contributed by atoms with van der Waals surface area (Å²) < 4.78 is 0. The number of carbonyl (C=O) groups is 1. The number of aromatic nitrogens is 4. The van der Waals surface area contributed by atoms with Crippen molar-refractivity contribution in [1.82, 2.24) is 24.8 Å². The molecule has 142 valence electrons. The summed E-state index contributed by atoms with van der Waals surface area (Å²) in [7, 11) is 0. The fraction of sp³-hybridized carbons (Fsp3) is 0.318. The minimum Gasteiger partial charge on any atom is -0.342 e. The van der Waals surface area contributed by atoms with Crippen LogP contribution in [0.15, 0.2) is 36.4 Å². The van der Waals surface area contributed by atoms with Crippen molar-refractivity contribution in [2.45, 2.75) is 32.6 Å². The van der Waals surface area contributed by atoms with Crippen LogP contribution in [0, 0.1) is 13.8 Å². The van der Waals surface area contributed by atoms with Gasteiger partial charge in [-0.15, -0.1) is 0 Å². The molecule has 1 aliphatic rings. The normalized spacial score (nSPS) is 15.6. The highest BCUT2D eigenvalue weighted by Crippen LogP contribution is 2.29. The van der Waals surface area contributed by atoms with Crippen molar-refractivity contribution in [1.29, 1.82) is 0 Å². The van der Waals surface area contributed by atoms with Crippen LogP contribution in [0.2, 0.25) is 0 Å². The Balaban J connectivity index is 1.31. The largest absolute Gasteiger partial charge is 0.342 e. The van der Waals surface area contributed by atoms with Crippen molar-refractivity contribution in [3.8, 4) is 0 Å². The lowest BCUT2D eigenvalue weighted by Gasteiger charge is -2.31. The number of aryl methyl sites for hydroxylation is 2. The third kappa shape index (κ3) is 2.85. The van der Waals surface area contributed by atoms with Gasteiger partial charge in [0.05, 0.1) is 22.1 Å². The number of piperidine rings is 1. The molecule has 1 saturated heterocycles. The molecule has 2 aromatic heterocycles. The van der Waals surface area contributed by atoms with Crippen molar-refractivity contribution in [3.05, 3.63) is 59.2 Å². The van der Waals surface area contributed by atoms with E-state index in [1.807, 2.05) is 30.0 Å². The molecule has 2 aromatic carbocycles. The maximum Gasteiger partial charge on any atom is 0.253 e. The first kappa shape index (κ1) is 17.0. The Morgan fingerprint density at radius 3 is 2.64 bits per heavy atom. The van der Waals surface area contributed by atoms with E-state index in [2.05, 4.69) is 40.1 Å². The van der Waals surface area contributed by atoms with Crippen LogP contribution in [-0.4, -0.2) is 43.8 Å². The summed E-state index contributed by atoms with van der Waals surface area (Å²) >= 11 is 0. The van der Waals surface area contributed by atoms with E-state index in [9.17, 15) is 4.79 Å². The first-order valence-corrected chi connectivity index (χ1v) is 9.79. The summed E-state index contributed by atoms with van der Waals surface area (Å²) in [6.07, 6.45) is 1.85. The molecule has 5 rings (SSSR count). The highest BCUT2D eigenvalue weighted by Gasteiger charge is 2.26. The predicted molar refractivity (Wildman–Crippen MR) is 110 cm³/mol. The number of nitrogens with one attached hydrogen (secondary N) is 2. The Labute approximate surface area is 163 Å². The van der Waals surface area contributed by atoms with Gasteiger partial charge in [-0.3, -0.25) is 4.79 Å². The van der Waals surface area contributed by atoms with E-state index in [1.165, 1.54) is 5.56 Å². The predicted octanol–water partition coefficient (Wildman–Crippen LogP) is 4.08. The second-order valence-electron chi connectivity index (χ2n) is 7.71. The van der Waals surface area contributed by atoms with Crippen molar-refractivity contribution in [3.63, 3.8) is 0 Å². The van der Waals surface area contributed by atoms with Gasteiger partial charge in [-0.2, -0.15) is 0 Å². The molecule has 0 bridgehead atoms. The van der Waals surface area contributed by atoms with E-state index in [0.717, 1.165) is 59.6 Å². The zero-order valence-electron chi connectivity index (χ0n) is 16.1. The number of imidazole rings is 2. The van der Waals surface area contributed by atoms with Crippen LogP contribution in [0.1, 0.15) is 46.3 Å². The van der Waals surface area contributed by atoms with Gasteiger partial charge >= 0.3 is 0 Å². The number of amides is 1. The van der Waals surface area contributed by atoms with Crippen LogP contribution < -0.4 is 0 Å². The summed E-state index contributed by atoms with van der Waals surface area (Å²) in [5, 5.41) is 0. The van der Waals surface area contributed by atoms with Gasteiger partial charge in [-0.25, -0.2) is 9.97 Å². The van der Waals surface area contributed by atoms with Crippen LogP contribution in [0.4, 0.5) is 0 Å². The van der Waals surface area contributed by atoms with Gasteiger partial charge in [0.2, 0.25) is 0 Å². The molecule has 0 atom stereocenters. The number of para-hydroxylation sites is 1. The third-order valence-corrected chi connectivity index (χ3v) is 5.75. The number of likely N-dealkylation sites (tertiary alicyclic amines) is 1. The number of rotatable bonds is 2. The standard InChI is InChI=1S/C22H23N5O/c1-13-4-3-5-18-20(13)26-21(25-18)15-8-10-27(11-9-15)22(28)16-6-7-17-19(12-16)24-14(2)23-17/h3-7,12,15H,8-11H2,1-2H3,(H,23,24)(H,25,26). The smallest absolute Gasteiger partial charge is 0.253 e. The molecule has 4 aromatic rings. The molecule has 2 N–H and O–H groups in total. The van der Waals surface area contributed by atoms with Crippen LogP contribution in [0.5, 0.6) is 0 Å². The first-order chi connectivity index (χ1) is 13.6. The Bertz CT molecular complexity index is 1180. The molecule has 1 amide bonds. The summed E-state index contributed by atoms with van der Waals surface area (Å²) in [4.78, 5) is 30.8. The van der Waals surface area contributed by atoms with Crippen LogP contribution in [-0.2, 0) is 0 Å². The number of benzene rings is 2. The maximum absolute atomic E-state index is 12.9. The minimum absolute atomic E-state index is 0.0908. The van der Waals surface area contributed by atoms with E-state index in [0.29, 0.717) is 11.5 Å². The van der Waals surface area contributed by atoms with Gasteiger partial charge in [0.15, 0.2) is 0 Å². The molecule has 6 nitrogen and oxygen atoms in total. The number of hydrogen-bond acceptors (Lipinski definition) is 3. The van der Waals surface area contributed by atoms with Gasteiger partial charge in [0, 0.05) is 24.6 Å². The lowest BCUT2D eigenvalue weighted by molar-refractivity contribution is 0.0711. The van der Waals surface area contributed by atoms with E-state index in [1.54, 1.807) is 0 Å². The second kappa shape index (κ2) is 6.48. The zero-order valence-corrected chi connectivity index (χ0v) is 16.1. The summed E-state index contributed by atoms with van der Waals surface area (Å²) in [6.45, 7) is 5.51. The molecule has 0 spiro atoms. The number of aromatic amines is 2. The average molecular weight is 373 g/mol. The molecule has 3 heterocycles. The van der Waals surface area contributed by atoms with E-state index in [4.69, 9.17) is 4.98 Å². The highest BCUT2D eigenvalue weighted by atomic mass is 16.2. The van der Waals surface area contributed by atoms with Crippen LogP contribution in [0.3, 0.4) is 0 Å². The highest BCUT2D eigenvalue weighted by molar-refractivity contribution is 5.97. The lowest BCUT2D eigenvalue weighted by atomic mass is 9.95. The van der Waals surface area contributed by atoms with Crippen LogP contribution >= 0.6 is 0 Å². The summed E-state index contributed by atoms with van der Waals surface area (Å²) in [5.74, 6) is 2.37. The third-order valence-electron chi connectivity index (χ3n) is 5.75. The van der Waals surface area contributed by atoms with Gasteiger partial charge in [-0.1, -0.05) is 12.1 Å².